The van der Waals surface area contributed by atoms with Gasteiger partial charge in [-0.3, -0.25) is 0 Å². The summed E-state index contributed by atoms with van der Waals surface area (Å²) in [4.78, 5) is 3.84. The van der Waals surface area contributed by atoms with E-state index in [1.165, 1.54) is 0 Å². The second kappa shape index (κ2) is 5.51. The van der Waals surface area contributed by atoms with Gasteiger partial charge < -0.3 is 0 Å². The second-order valence-electron chi connectivity index (χ2n) is 2.51. The SMILES string of the molecule is CCCSc1ccccc1N=[N+]=[N-]. The normalized spacial score (nSPS) is 9.31. The molecule has 0 unspecified atom stereocenters. The first kappa shape index (κ1) is 9.96. The minimum Gasteiger partial charge on any atom is -0.126 e. The van der Waals surface area contributed by atoms with Gasteiger partial charge in [-0.25, -0.2) is 0 Å². The number of benzene rings is 1. The van der Waals surface area contributed by atoms with Gasteiger partial charge in [-0.2, -0.15) is 0 Å². The molecule has 68 valence electrons. The van der Waals surface area contributed by atoms with Crippen molar-refractivity contribution in [3.63, 3.8) is 0 Å². The summed E-state index contributed by atoms with van der Waals surface area (Å²) in [6, 6.07) is 7.64. The first-order valence-electron chi connectivity index (χ1n) is 4.15. The molecule has 0 spiro atoms. The molecule has 0 bridgehead atoms. The van der Waals surface area contributed by atoms with Gasteiger partial charge in [0.2, 0.25) is 0 Å². The van der Waals surface area contributed by atoms with E-state index in [1.807, 2.05) is 24.3 Å². The quantitative estimate of drug-likeness (QED) is 0.307. The van der Waals surface area contributed by atoms with Crippen LogP contribution in [0.25, 0.3) is 10.4 Å². The largest absolute Gasteiger partial charge is 0.126 e. The van der Waals surface area contributed by atoms with Gasteiger partial charge in [-0.05, 0) is 23.8 Å². The van der Waals surface area contributed by atoms with Crippen LogP contribution in [0, 0.1) is 0 Å². The Morgan fingerprint density at radius 3 is 2.92 bits per heavy atom. The summed E-state index contributed by atoms with van der Waals surface area (Å²) in [5.41, 5.74) is 9.04. The molecule has 0 amide bonds. The van der Waals surface area contributed by atoms with Gasteiger partial charge in [0.05, 0.1) is 5.69 Å². The highest BCUT2D eigenvalue weighted by Crippen LogP contribution is 2.29. The van der Waals surface area contributed by atoms with Gasteiger partial charge in [0.15, 0.2) is 0 Å². The zero-order valence-electron chi connectivity index (χ0n) is 7.47. The molecule has 4 heteroatoms. The van der Waals surface area contributed by atoms with Crippen LogP contribution < -0.4 is 0 Å². The molecule has 3 nitrogen and oxygen atoms in total. The fourth-order valence-electron chi connectivity index (χ4n) is 0.922. The molecule has 0 aromatic heterocycles. The molecule has 0 aliphatic heterocycles. The Kier molecular flexibility index (Phi) is 4.23. The minimum atomic E-state index is 0.725. The van der Waals surface area contributed by atoms with E-state index in [0.717, 1.165) is 22.8 Å². The summed E-state index contributed by atoms with van der Waals surface area (Å²) >= 11 is 1.72. The van der Waals surface area contributed by atoms with Crippen molar-refractivity contribution in [2.75, 3.05) is 5.75 Å². The standard InChI is InChI=1S/C9H11N3S/c1-2-7-13-9-6-4-3-5-8(9)11-12-10/h3-6H,2,7H2,1H3. The smallest absolute Gasteiger partial charge is 0.0511 e. The number of rotatable bonds is 4. The van der Waals surface area contributed by atoms with Gasteiger partial charge in [0.1, 0.15) is 0 Å². The van der Waals surface area contributed by atoms with Crippen molar-refractivity contribution in [1.29, 1.82) is 0 Å². The highest BCUT2D eigenvalue weighted by atomic mass is 32.2. The molecule has 0 aliphatic carbocycles. The molecule has 0 saturated heterocycles. The molecule has 0 heterocycles. The molecule has 1 aromatic rings. The van der Waals surface area contributed by atoms with Crippen molar-refractivity contribution in [3.05, 3.63) is 34.7 Å². The predicted octanol–water partition coefficient (Wildman–Crippen LogP) is 4.13. The van der Waals surface area contributed by atoms with E-state index in [2.05, 4.69) is 16.9 Å². The molecule has 0 N–H and O–H groups in total. The van der Waals surface area contributed by atoms with E-state index in [0.29, 0.717) is 0 Å². The summed E-state index contributed by atoms with van der Waals surface area (Å²) < 4.78 is 0. The fraction of sp³-hybridized carbons (Fsp3) is 0.333. The van der Waals surface area contributed by atoms with Crippen LogP contribution >= 0.6 is 11.8 Å². The van der Waals surface area contributed by atoms with E-state index < -0.39 is 0 Å². The summed E-state index contributed by atoms with van der Waals surface area (Å²) in [5, 5.41) is 3.62. The zero-order valence-corrected chi connectivity index (χ0v) is 8.29. The number of hydrogen-bond acceptors (Lipinski definition) is 2. The third-order valence-electron chi connectivity index (χ3n) is 1.48. The number of thioether (sulfide) groups is 1. The molecule has 0 saturated carbocycles. The minimum absolute atomic E-state index is 0.725. The zero-order chi connectivity index (χ0) is 9.52. The lowest BCUT2D eigenvalue weighted by Crippen LogP contribution is -1.76. The Labute approximate surface area is 81.8 Å². The van der Waals surface area contributed by atoms with Crippen LogP contribution in [0.4, 0.5) is 5.69 Å². The average Bonchev–Trinajstić information content (AvgIpc) is 2.17. The van der Waals surface area contributed by atoms with E-state index in [-0.39, 0.29) is 0 Å². The third kappa shape index (κ3) is 3.01. The van der Waals surface area contributed by atoms with Gasteiger partial charge in [0, 0.05) is 9.81 Å². The van der Waals surface area contributed by atoms with Gasteiger partial charge >= 0.3 is 0 Å². The first-order chi connectivity index (χ1) is 6.38. The van der Waals surface area contributed by atoms with Crippen LogP contribution in [-0.2, 0) is 0 Å². The molecule has 1 aromatic carbocycles. The topological polar surface area (TPSA) is 48.8 Å². The van der Waals surface area contributed by atoms with Crippen LogP contribution in [0.3, 0.4) is 0 Å². The maximum atomic E-state index is 8.32. The van der Waals surface area contributed by atoms with Crippen molar-refractivity contribution >= 4 is 17.4 Å². The summed E-state index contributed by atoms with van der Waals surface area (Å²) in [6.07, 6.45) is 1.12. The van der Waals surface area contributed by atoms with E-state index >= 15 is 0 Å². The Balaban J connectivity index is 2.84. The lowest BCUT2D eigenvalue weighted by atomic mass is 10.3. The average molecular weight is 193 g/mol. The number of hydrogen-bond donors (Lipinski definition) is 0. The molecule has 0 fully saturated rings. The molecule has 13 heavy (non-hydrogen) atoms. The summed E-state index contributed by atoms with van der Waals surface area (Å²) in [7, 11) is 0. The summed E-state index contributed by atoms with van der Waals surface area (Å²) in [5.74, 6) is 1.05. The van der Waals surface area contributed by atoms with Crippen molar-refractivity contribution in [1.82, 2.24) is 0 Å². The van der Waals surface area contributed by atoms with Crippen LogP contribution in [0.15, 0.2) is 34.3 Å². The Hall–Kier alpha value is -1.12. The number of nitrogens with zero attached hydrogens (tertiary/aromatic N) is 3. The fourth-order valence-corrected chi connectivity index (χ4v) is 1.78. The first-order valence-corrected chi connectivity index (χ1v) is 5.14. The monoisotopic (exact) mass is 193 g/mol. The van der Waals surface area contributed by atoms with Crippen LogP contribution in [0.2, 0.25) is 0 Å². The molecule has 0 radical (unpaired) electrons. The Morgan fingerprint density at radius 1 is 1.46 bits per heavy atom. The van der Waals surface area contributed by atoms with Crippen molar-refractivity contribution in [2.24, 2.45) is 5.11 Å². The van der Waals surface area contributed by atoms with Gasteiger partial charge in [0.25, 0.3) is 0 Å². The van der Waals surface area contributed by atoms with Crippen molar-refractivity contribution in [3.8, 4) is 0 Å². The van der Waals surface area contributed by atoms with E-state index in [9.17, 15) is 0 Å². The molecule has 1 rings (SSSR count). The van der Waals surface area contributed by atoms with Gasteiger partial charge in [-0.15, -0.1) is 11.8 Å². The van der Waals surface area contributed by atoms with E-state index in [1.54, 1.807) is 11.8 Å². The molecular formula is C9H11N3S. The van der Waals surface area contributed by atoms with E-state index in [4.69, 9.17) is 5.53 Å². The Bertz CT molecular complexity index is 318. The maximum absolute atomic E-state index is 8.32. The van der Waals surface area contributed by atoms with Crippen LogP contribution in [-0.4, -0.2) is 5.75 Å². The molecule has 0 aliphatic rings. The number of azide groups is 1. The predicted molar refractivity (Wildman–Crippen MR) is 56.3 cm³/mol. The third-order valence-corrected chi connectivity index (χ3v) is 2.75. The maximum Gasteiger partial charge on any atom is 0.0511 e. The molecular weight excluding hydrogens is 182 g/mol. The van der Waals surface area contributed by atoms with Crippen LogP contribution in [0.1, 0.15) is 13.3 Å². The lowest BCUT2D eigenvalue weighted by Gasteiger charge is -2.02. The highest BCUT2D eigenvalue weighted by molar-refractivity contribution is 7.99. The van der Waals surface area contributed by atoms with Crippen molar-refractivity contribution < 1.29 is 0 Å². The second-order valence-corrected chi connectivity index (χ2v) is 3.64. The Morgan fingerprint density at radius 2 is 2.23 bits per heavy atom. The van der Waals surface area contributed by atoms with Crippen molar-refractivity contribution in [2.45, 2.75) is 18.2 Å². The summed E-state index contributed by atoms with van der Waals surface area (Å²) in [6.45, 7) is 2.13. The van der Waals surface area contributed by atoms with Gasteiger partial charge in [-0.1, -0.05) is 30.2 Å². The lowest BCUT2D eigenvalue weighted by molar-refractivity contribution is 1.10. The highest BCUT2D eigenvalue weighted by Gasteiger charge is 1.98. The van der Waals surface area contributed by atoms with Crippen LogP contribution in [0.5, 0.6) is 0 Å². The molecule has 0 atom stereocenters.